The quantitative estimate of drug-likeness (QED) is 0.420. The van der Waals surface area contributed by atoms with Crippen LogP contribution in [0.2, 0.25) is 10.0 Å². The highest BCUT2D eigenvalue weighted by Gasteiger charge is 2.49. The maximum Gasteiger partial charge on any atom is 0.352 e. The lowest BCUT2D eigenvalue weighted by Crippen LogP contribution is -2.58. The van der Waals surface area contributed by atoms with Gasteiger partial charge >= 0.3 is 11.6 Å². The van der Waals surface area contributed by atoms with E-state index < -0.39 is 10.8 Å². The number of carbonyl (C=O) groups excluding carboxylic acids is 2. The lowest BCUT2D eigenvalue weighted by atomic mass is 9.77. The van der Waals surface area contributed by atoms with Crippen LogP contribution < -0.4 is 0 Å². The number of benzene rings is 1. The summed E-state index contributed by atoms with van der Waals surface area (Å²) >= 11 is 12.0. The molecule has 4 rings (SSSR count). The SMILES string of the molecule is CN(C)CCN1C(=O)C([N+](=O)[O-])=C(N2CCN(C(=O)c3ccc(Cl)c(Cl)c3)CC2)C2CCCCC21. The molecule has 3 aliphatic rings. The summed E-state index contributed by atoms with van der Waals surface area (Å²) in [6.07, 6.45) is 3.68. The Bertz CT molecular complexity index is 1040. The molecule has 2 atom stereocenters. The van der Waals surface area contributed by atoms with Gasteiger partial charge in [-0.3, -0.25) is 19.7 Å². The predicted molar refractivity (Wildman–Crippen MR) is 134 cm³/mol. The number of carbonyl (C=O) groups is 2. The van der Waals surface area contributed by atoms with Crippen LogP contribution >= 0.6 is 23.2 Å². The van der Waals surface area contributed by atoms with Crippen molar-refractivity contribution in [3.8, 4) is 0 Å². The maximum absolute atomic E-state index is 13.4. The van der Waals surface area contributed by atoms with E-state index in [1.807, 2.05) is 23.9 Å². The fraction of sp³-hybridized carbons (Fsp3) is 0.583. The van der Waals surface area contributed by atoms with Gasteiger partial charge in [-0.15, -0.1) is 0 Å². The molecule has 2 aliphatic heterocycles. The van der Waals surface area contributed by atoms with Crippen LogP contribution in [0.1, 0.15) is 36.0 Å². The first-order valence-electron chi connectivity index (χ1n) is 12.0. The van der Waals surface area contributed by atoms with E-state index >= 15 is 0 Å². The number of halogens is 2. The largest absolute Gasteiger partial charge is 0.365 e. The summed E-state index contributed by atoms with van der Waals surface area (Å²) in [5, 5.41) is 12.9. The van der Waals surface area contributed by atoms with Gasteiger partial charge in [0.15, 0.2) is 0 Å². The number of likely N-dealkylation sites (N-methyl/N-ethyl adjacent to an activating group) is 1. The zero-order valence-electron chi connectivity index (χ0n) is 20.1. The van der Waals surface area contributed by atoms with Gasteiger partial charge in [0.25, 0.3) is 5.91 Å². The zero-order valence-corrected chi connectivity index (χ0v) is 21.6. The minimum absolute atomic E-state index is 0.0224. The average Bonchev–Trinajstić information content (AvgIpc) is 2.84. The van der Waals surface area contributed by atoms with Crippen molar-refractivity contribution >= 4 is 35.0 Å². The molecule has 11 heteroatoms. The van der Waals surface area contributed by atoms with Gasteiger partial charge in [-0.1, -0.05) is 36.0 Å². The lowest BCUT2D eigenvalue weighted by molar-refractivity contribution is -0.424. The van der Waals surface area contributed by atoms with E-state index in [9.17, 15) is 19.7 Å². The fourth-order valence-corrected chi connectivity index (χ4v) is 5.77. The number of hydrogen-bond acceptors (Lipinski definition) is 6. The number of nitrogens with zero attached hydrogens (tertiary/aromatic N) is 5. The Morgan fingerprint density at radius 2 is 1.80 bits per heavy atom. The average molecular weight is 524 g/mol. The Kier molecular flexibility index (Phi) is 7.88. The van der Waals surface area contributed by atoms with E-state index in [1.54, 1.807) is 28.0 Å². The lowest BCUT2D eigenvalue weighted by Gasteiger charge is -2.47. The molecular formula is C24H31Cl2N5O4. The first kappa shape index (κ1) is 25.7. The zero-order chi connectivity index (χ0) is 25.3. The molecule has 35 heavy (non-hydrogen) atoms. The fourth-order valence-electron chi connectivity index (χ4n) is 5.47. The van der Waals surface area contributed by atoms with Gasteiger partial charge in [0.05, 0.1) is 15.0 Å². The van der Waals surface area contributed by atoms with Gasteiger partial charge in [0.1, 0.15) is 5.70 Å². The predicted octanol–water partition coefficient (Wildman–Crippen LogP) is 3.20. The number of nitro groups is 1. The van der Waals surface area contributed by atoms with E-state index in [-0.39, 0.29) is 23.6 Å². The Morgan fingerprint density at radius 1 is 1.11 bits per heavy atom. The van der Waals surface area contributed by atoms with Gasteiger partial charge in [-0.2, -0.15) is 0 Å². The molecule has 190 valence electrons. The molecule has 0 radical (unpaired) electrons. The van der Waals surface area contributed by atoms with Crippen LogP contribution in [0.25, 0.3) is 0 Å². The maximum atomic E-state index is 13.4. The Balaban J connectivity index is 1.56. The third-order valence-electron chi connectivity index (χ3n) is 7.23. The number of hydrogen-bond donors (Lipinski definition) is 0. The van der Waals surface area contributed by atoms with Crippen molar-refractivity contribution in [1.82, 2.24) is 19.6 Å². The van der Waals surface area contributed by atoms with Gasteiger partial charge in [0.2, 0.25) is 0 Å². The van der Waals surface area contributed by atoms with E-state index in [4.69, 9.17) is 23.2 Å². The highest BCUT2D eigenvalue weighted by Crippen LogP contribution is 2.41. The van der Waals surface area contributed by atoms with Crippen molar-refractivity contribution in [2.75, 3.05) is 53.4 Å². The smallest absolute Gasteiger partial charge is 0.352 e. The standard InChI is InChI=1S/C24H31Cl2N5O4/c1-27(2)9-14-30-20-6-4-3-5-17(20)21(22(24(30)33)31(34)35)28-10-12-29(13-11-28)23(32)16-7-8-18(25)19(26)15-16/h7-8,15,17,20H,3-6,9-14H2,1-2H3. The molecule has 2 heterocycles. The summed E-state index contributed by atoms with van der Waals surface area (Å²) in [6.45, 7) is 2.82. The molecule has 2 unspecified atom stereocenters. The molecule has 2 fully saturated rings. The third kappa shape index (κ3) is 5.27. The third-order valence-corrected chi connectivity index (χ3v) is 7.97. The summed E-state index contributed by atoms with van der Waals surface area (Å²) in [4.78, 5) is 45.5. The molecule has 1 aromatic rings. The monoisotopic (exact) mass is 523 g/mol. The Morgan fingerprint density at radius 3 is 2.43 bits per heavy atom. The van der Waals surface area contributed by atoms with Crippen LogP contribution in [0.5, 0.6) is 0 Å². The number of piperazine rings is 1. The Hall–Kier alpha value is -2.36. The highest BCUT2D eigenvalue weighted by molar-refractivity contribution is 6.42. The highest BCUT2D eigenvalue weighted by atomic mass is 35.5. The van der Waals surface area contributed by atoms with Crippen molar-refractivity contribution in [3.05, 3.63) is 55.3 Å². The van der Waals surface area contributed by atoms with Crippen molar-refractivity contribution in [2.24, 2.45) is 5.92 Å². The van der Waals surface area contributed by atoms with Gasteiger partial charge in [-0.25, -0.2) is 0 Å². The molecule has 2 amide bonds. The second-order valence-electron chi connectivity index (χ2n) is 9.66. The van der Waals surface area contributed by atoms with Crippen LogP contribution in [0.4, 0.5) is 0 Å². The number of amides is 2. The van der Waals surface area contributed by atoms with Crippen LogP contribution in [0.3, 0.4) is 0 Å². The molecule has 1 saturated carbocycles. The van der Waals surface area contributed by atoms with Crippen LogP contribution in [0, 0.1) is 16.0 Å². The van der Waals surface area contributed by atoms with Crippen LogP contribution in [0.15, 0.2) is 29.6 Å². The molecule has 1 aliphatic carbocycles. The summed E-state index contributed by atoms with van der Waals surface area (Å²) in [5.74, 6) is -0.692. The summed E-state index contributed by atoms with van der Waals surface area (Å²) in [7, 11) is 3.86. The molecule has 1 saturated heterocycles. The molecule has 0 N–H and O–H groups in total. The minimum Gasteiger partial charge on any atom is -0.365 e. The minimum atomic E-state index is -0.502. The van der Waals surface area contributed by atoms with Gasteiger partial charge < -0.3 is 19.6 Å². The van der Waals surface area contributed by atoms with E-state index in [0.717, 1.165) is 25.7 Å². The summed E-state index contributed by atoms with van der Waals surface area (Å²) < 4.78 is 0. The number of rotatable bonds is 6. The summed E-state index contributed by atoms with van der Waals surface area (Å²) in [6, 6.07) is 4.78. The second-order valence-corrected chi connectivity index (χ2v) is 10.5. The van der Waals surface area contributed by atoms with Crippen LogP contribution in [-0.2, 0) is 4.79 Å². The van der Waals surface area contributed by atoms with Crippen LogP contribution in [-0.4, -0.2) is 95.7 Å². The topological polar surface area (TPSA) is 90.2 Å². The molecule has 1 aromatic carbocycles. The molecular weight excluding hydrogens is 493 g/mol. The first-order chi connectivity index (χ1) is 16.7. The number of fused-ring (bicyclic) bond motifs is 1. The van der Waals surface area contributed by atoms with E-state index in [1.165, 1.54) is 0 Å². The van der Waals surface area contributed by atoms with Gasteiger partial charge in [-0.05, 0) is 45.1 Å². The first-order valence-corrected chi connectivity index (χ1v) is 12.8. The van der Waals surface area contributed by atoms with E-state index in [2.05, 4.69) is 0 Å². The van der Waals surface area contributed by atoms with Crippen molar-refractivity contribution in [1.29, 1.82) is 0 Å². The Labute approximate surface area is 215 Å². The molecule has 0 spiro atoms. The molecule has 0 aromatic heterocycles. The molecule has 0 bridgehead atoms. The summed E-state index contributed by atoms with van der Waals surface area (Å²) in [5.41, 5.74) is 0.721. The van der Waals surface area contributed by atoms with Gasteiger partial charge in [0, 0.05) is 56.8 Å². The van der Waals surface area contributed by atoms with E-state index in [0.29, 0.717) is 60.6 Å². The van der Waals surface area contributed by atoms with Crippen molar-refractivity contribution in [3.63, 3.8) is 0 Å². The second kappa shape index (κ2) is 10.7. The molecule has 9 nitrogen and oxygen atoms in total. The van der Waals surface area contributed by atoms with Crippen molar-refractivity contribution in [2.45, 2.75) is 31.7 Å². The normalized spacial score (nSPS) is 23.1. The van der Waals surface area contributed by atoms with Crippen molar-refractivity contribution < 1.29 is 14.5 Å².